The molecule has 15 heavy (non-hydrogen) atoms. The molecular formula is C11H15N3O. The fourth-order valence-corrected chi connectivity index (χ4v) is 2.68. The average molecular weight is 205 g/mol. The molecule has 3 heterocycles. The minimum Gasteiger partial charge on any atom is -0.506 e. The topological polar surface area (TPSA) is 48.4 Å². The monoisotopic (exact) mass is 205 g/mol. The number of nitrogens with one attached hydrogen (secondary N) is 1. The molecule has 0 radical (unpaired) electrons. The van der Waals surface area contributed by atoms with Crippen molar-refractivity contribution < 1.29 is 5.11 Å². The van der Waals surface area contributed by atoms with Crippen LogP contribution >= 0.6 is 0 Å². The van der Waals surface area contributed by atoms with Crippen LogP contribution < -0.4 is 10.2 Å². The van der Waals surface area contributed by atoms with Gasteiger partial charge in [0.05, 0.1) is 6.20 Å². The van der Waals surface area contributed by atoms with Gasteiger partial charge in [0.2, 0.25) is 0 Å². The second-order valence-corrected chi connectivity index (χ2v) is 4.33. The molecule has 4 nitrogen and oxygen atoms in total. The molecule has 1 aromatic heterocycles. The number of aromatic nitrogens is 1. The molecule has 0 saturated carbocycles. The summed E-state index contributed by atoms with van der Waals surface area (Å²) in [6.07, 6.45) is 4.03. The standard InChI is InChI=1S/C11H15N3O/c15-10-3-4-11(13-7-10)14-8-1-2-9(14)6-12-5-8/h3-4,7-9,12,15H,1-2,5-6H2/t8-,9+. The van der Waals surface area contributed by atoms with Crippen LogP contribution in [0.15, 0.2) is 18.3 Å². The first-order valence-corrected chi connectivity index (χ1v) is 5.48. The Morgan fingerprint density at radius 2 is 2.00 bits per heavy atom. The molecule has 0 aliphatic carbocycles. The third kappa shape index (κ3) is 1.45. The summed E-state index contributed by atoms with van der Waals surface area (Å²) in [5.41, 5.74) is 0. The van der Waals surface area contributed by atoms with E-state index in [-0.39, 0.29) is 5.75 Å². The molecule has 2 fully saturated rings. The highest BCUT2D eigenvalue weighted by Gasteiger charge is 2.36. The molecule has 3 rings (SSSR count). The Bertz CT molecular complexity index is 335. The van der Waals surface area contributed by atoms with E-state index in [9.17, 15) is 5.11 Å². The van der Waals surface area contributed by atoms with Gasteiger partial charge in [0.1, 0.15) is 11.6 Å². The SMILES string of the molecule is Oc1ccc(N2[C@@H]3CC[C@H]2CNC3)nc1. The molecule has 2 aliphatic heterocycles. The fraction of sp³-hybridized carbons (Fsp3) is 0.545. The number of pyridine rings is 1. The lowest BCUT2D eigenvalue weighted by molar-refractivity contribution is 0.467. The third-order valence-corrected chi connectivity index (χ3v) is 3.38. The van der Waals surface area contributed by atoms with Crippen molar-refractivity contribution in [2.24, 2.45) is 0 Å². The van der Waals surface area contributed by atoms with E-state index in [0.29, 0.717) is 12.1 Å². The molecule has 0 amide bonds. The van der Waals surface area contributed by atoms with E-state index in [1.54, 1.807) is 6.07 Å². The van der Waals surface area contributed by atoms with Gasteiger partial charge in [-0.05, 0) is 25.0 Å². The Kier molecular flexibility index (Phi) is 2.02. The predicted molar refractivity (Wildman–Crippen MR) is 58.1 cm³/mol. The van der Waals surface area contributed by atoms with Crippen LogP contribution in [0.2, 0.25) is 0 Å². The Hall–Kier alpha value is -1.29. The molecule has 1 aromatic rings. The van der Waals surface area contributed by atoms with Crippen molar-refractivity contribution in [3.05, 3.63) is 18.3 Å². The summed E-state index contributed by atoms with van der Waals surface area (Å²) >= 11 is 0. The number of hydrogen-bond acceptors (Lipinski definition) is 4. The number of anilines is 1. The van der Waals surface area contributed by atoms with Crippen LogP contribution in [0.5, 0.6) is 5.75 Å². The summed E-state index contributed by atoms with van der Waals surface area (Å²) in [5, 5.41) is 12.6. The van der Waals surface area contributed by atoms with Gasteiger partial charge in [0.25, 0.3) is 0 Å². The van der Waals surface area contributed by atoms with Gasteiger partial charge < -0.3 is 15.3 Å². The molecule has 4 heteroatoms. The number of aromatic hydroxyl groups is 1. The fourth-order valence-electron chi connectivity index (χ4n) is 2.68. The van der Waals surface area contributed by atoms with Crippen molar-refractivity contribution in [2.75, 3.05) is 18.0 Å². The van der Waals surface area contributed by atoms with Gasteiger partial charge in [0, 0.05) is 25.2 Å². The lowest BCUT2D eigenvalue weighted by Gasteiger charge is -2.36. The predicted octanol–water partition coefficient (Wildman–Crippen LogP) is 0.728. The zero-order valence-corrected chi connectivity index (χ0v) is 8.56. The van der Waals surface area contributed by atoms with E-state index in [1.807, 2.05) is 6.07 Å². The molecule has 80 valence electrons. The van der Waals surface area contributed by atoms with E-state index in [4.69, 9.17) is 0 Å². The molecular weight excluding hydrogens is 190 g/mol. The molecule has 0 spiro atoms. The van der Waals surface area contributed by atoms with Crippen LogP contribution in [0.25, 0.3) is 0 Å². The van der Waals surface area contributed by atoms with Crippen molar-refractivity contribution in [3.63, 3.8) is 0 Å². The van der Waals surface area contributed by atoms with Crippen molar-refractivity contribution in [3.8, 4) is 5.75 Å². The lowest BCUT2D eigenvalue weighted by atomic mass is 10.2. The van der Waals surface area contributed by atoms with Crippen molar-refractivity contribution in [1.29, 1.82) is 0 Å². The van der Waals surface area contributed by atoms with Crippen LogP contribution in [0, 0.1) is 0 Å². The second kappa shape index (κ2) is 3.38. The summed E-state index contributed by atoms with van der Waals surface area (Å²) in [7, 11) is 0. The maximum atomic E-state index is 9.21. The van der Waals surface area contributed by atoms with E-state index >= 15 is 0 Å². The maximum absolute atomic E-state index is 9.21. The molecule has 2 aliphatic rings. The highest BCUT2D eigenvalue weighted by molar-refractivity contribution is 5.45. The minimum atomic E-state index is 0.237. The summed E-state index contributed by atoms with van der Waals surface area (Å²) in [4.78, 5) is 6.69. The summed E-state index contributed by atoms with van der Waals surface area (Å²) in [5.74, 6) is 1.24. The van der Waals surface area contributed by atoms with Gasteiger partial charge in [-0.15, -0.1) is 0 Å². The van der Waals surface area contributed by atoms with Gasteiger partial charge in [-0.25, -0.2) is 4.98 Å². The molecule has 2 N–H and O–H groups in total. The highest BCUT2D eigenvalue weighted by Crippen LogP contribution is 2.31. The van der Waals surface area contributed by atoms with E-state index < -0.39 is 0 Å². The summed E-state index contributed by atoms with van der Waals surface area (Å²) in [6.45, 7) is 2.11. The molecule has 0 aromatic carbocycles. The number of rotatable bonds is 1. The number of nitrogens with zero attached hydrogens (tertiary/aromatic N) is 2. The van der Waals surface area contributed by atoms with Crippen LogP contribution in [-0.2, 0) is 0 Å². The normalized spacial score (nSPS) is 29.5. The van der Waals surface area contributed by atoms with Crippen LogP contribution in [0.1, 0.15) is 12.8 Å². The zero-order chi connectivity index (χ0) is 10.3. The van der Waals surface area contributed by atoms with E-state index in [2.05, 4.69) is 15.2 Å². The van der Waals surface area contributed by atoms with Crippen LogP contribution in [0.3, 0.4) is 0 Å². The van der Waals surface area contributed by atoms with Gasteiger partial charge in [0.15, 0.2) is 0 Å². The number of hydrogen-bond donors (Lipinski definition) is 2. The largest absolute Gasteiger partial charge is 0.506 e. The smallest absolute Gasteiger partial charge is 0.134 e. The quantitative estimate of drug-likeness (QED) is 0.709. The molecule has 0 unspecified atom stereocenters. The van der Waals surface area contributed by atoms with Crippen LogP contribution in [0.4, 0.5) is 5.82 Å². The zero-order valence-electron chi connectivity index (χ0n) is 8.56. The van der Waals surface area contributed by atoms with Gasteiger partial charge in [-0.2, -0.15) is 0 Å². The summed E-state index contributed by atoms with van der Waals surface area (Å²) in [6, 6.07) is 4.79. The Labute approximate surface area is 88.9 Å². The Morgan fingerprint density at radius 1 is 1.27 bits per heavy atom. The van der Waals surface area contributed by atoms with E-state index in [0.717, 1.165) is 18.9 Å². The first-order chi connectivity index (χ1) is 7.34. The van der Waals surface area contributed by atoms with Gasteiger partial charge in [-0.1, -0.05) is 0 Å². The number of fused-ring (bicyclic) bond motifs is 2. The minimum absolute atomic E-state index is 0.237. The molecule has 2 bridgehead atoms. The average Bonchev–Trinajstić information content (AvgIpc) is 2.51. The highest BCUT2D eigenvalue weighted by atomic mass is 16.3. The van der Waals surface area contributed by atoms with Crippen molar-refractivity contribution in [2.45, 2.75) is 24.9 Å². The van der Waals surface area contributed by atoms with Crippen molar-refractivity contribution in [1.82, 2.24) is 10.3 Å². The molecule has 2 saturated heterocycles. The van der Waals surface area contributed by atoms with Crippen molar-refractivity contribution >= 4 is 5.82 Å². The number of piperazine rings is 1. The summed E-state index contributed by atoms with van der Waals surface area (Å²) < 4.78 is 0. The Morgan fingerprint density at radius 3 is 2.60 bits per heavy atom. The van der Waals surface area contributed by atoms with Crippen LogP contribution in [-0.4, -0.2) is 35.3 Å². The van der Waals surface area contributed by atoms with Gasteiger partial charge >= 0.3 is 0 Å². The second-order valence-electron chi connectivity index (χ2n) is 4.33. The lowest BCUT2D eigenvalue weighted by Crippen LogP contribution is -2.52. The van der Waals surface area contributed by atoms with Gasteiger partial charge in [-0.3, -0.25) is 0 Å². The first kappa shape index (κ1) is 8.97. The van der Waals surface area contributed by atoms with E-state index in [1.165, 1.54) is 19.0 Å². The molecule has 2 atom stereocenters. The third-order valence-electron chi connectivity index (χ3n) is 3.38. The maximum Gasteiger partial charge on any atom is 0.134 e. The Balaban J connectivity index is 1.90. The first-order valence-electron chi connectivity index (χ1n) is 5.48.